The summed E-state index contributed by atoms with van der Waals surface area (Å²) in [6, 6.07) is -0.241. The quantitative estimate of drug-likeness (QED) is 0.671. The minimum absolute atomic E-state index is 0.0800. The van der Waals surface area contributed by atoms with E-state index in [2.05, 4.69) is 0 Å². The van der Waals surface area contributed by atoms with Gasteiger partial charge in [0, 0.05) is 16.8 Å². The summed E-state index contributed by atoms with van der Waals surface area (Å²) in [6.07, 6.45) is -0.907. The second kappa shape index (κ2) is 6.71. The predicted octanol–water partition coefficient (Wildman–Crippen LogP) is 5.84. The molecule has 1 saturated carbocycles. The van der Waals surface area contributed by atoms with Crippen LogP contribution in [0.15, 0.2) is 10.8 Å². The van der Waals surface area contributed by atoms with Crippen molar-refractivity contribution in [2.45, 2.75) is 70.7 Å². The van der Waals surface area contributed by atoms with Crippen LogP contribution in [0, 0.1) is 0 Å². The third kappa shape index (κ3) is 4.62. The van der Waals surface area contributed by atoms with Crippen molar-refractivity contribution < 1.29 is 22.7 Å². The highest BCUT2D eigenvalue weighted by Gasteiger charge is 2.40. The van der Waals surface area contributed by atoms with Crippen molar-refractivity contribution in [3.05, 3.63) is 16.3 Å². The van der Waals surface area contributed by atoms with Crippen LogP contribution in [0.25, 0.3) is 0 Å². The molecule has 1 aliphatic carbocycles. The van der Waals surface area contributed by atoms with E-state index in [1.165, 1.54) is 10.3 Å². The number of hydrogen-bond donors (Lipinski definition) is 0. The van der Waals surface area contributed by atoms with Crippen LogP contribution in [0.5, 0.6) is 0 Å². The molecule has 0 atom stereocenters. The number of anilines is 1. The molecule has 0 aromatic carbocycles. The summed E-state index contributed by atoms with van der Waals surface area (Å²) in [5.41, 5.74) is -1.60. The molecule has 130 valence electrons. The van der Waals surface area contributed by atoms with Crippen LogP contribution in [0.4, 0.5) is 23.7 Å². The van der Waals surface area contributed by atoms with Crippen LogP contribution in [0.1, 0.15) is 58.4 Å². The van der Waals surface area contributed by atoms with Gasteiger partial charge in [-0.05, 0) is 33.6 Å². The van der Waals surface area contributed by atoms with Crippen molar-refractivity contribution in [3.8, 4) is 0 Å². The Morgan fingerprint density at radius 3 is 2.30 bits per heavy atom. The van der Waals surface area contributed by atoms with Gasteiger partial charge in [0.1, 0.15) is 5.60 Å². The molecule has 1 aromatic heterocycles. The van der Waals surface area contributed by atoms with Gasteiger partial charge in [0.05, 0.1) is 11.3 Å². The number of carbonyl (C=O) groups is 1. The van der Waals surface area contributed by atoms with E-state index in [0.717, 1.165) is 36.0 Å². The van der Waals surface area contributed by atoms with Gasteiger partial charge in [0.25, 0.3) is 0 Å². The molecule has 23 heavy (non-hydrogen) atoms. The lowest BCUT2D eigenvalue weighted by Gasteiger charge is -2.35. The fourth-order valence-corrected chi connectivity index (χ4v) is 3.61. The Morgan fingerprint density at radius 1 is 1.17 bits per heavy atom. The molecule has 0 aliphatic heterocycles. The molecule has 0 radical (unpaired) electrons. The van der Waals surface area contributed by atoms with Gasteiger partial charge in [0.2, 0.25) is 0 Å². The van der Waals surface area contributed by atoms with Crippen molar-refractivity contribution in [1.82, 2.24) is 0 Å². The molecule has 0 unspecified atom stereocenters. The van der Waals surface area contributed by atoms with Crippen LogP contribution in [0.3, 0.4) is 0 Å². The van der Waals surface area contributed by atoms with Crippen LogP contribution in [-0.4, -0.2) is 17.7 Å². The predicted molar refractivity (Wildman–Crippen MR) is 84.9 cm³/mol. The maximum atomic E-state index is 13.2. The largest absolute Gasteiger partial charge is 0.443 e. The first-order valence-corrected chi connectivity index (χ1v) is 8.69. The third-order valence-electron chi connectivity index (χ3n) is 3.74. The third-order valence-corrected chi connectivity index (χ3v) is 4.47. The van der Waals surface area contributed by atoms with E-state index < -0.39 is 23.4 Å². The number of thiophene rings is 1. The first-order chi connectivity index (χ1) is 10.6. The molecule has 7 heteroatoms. The first kappa shape index (κ1) is 18.1. The van der Waals surface area contributed by atoms with Gasteiger partial charge in [-0.1, -0.05) is 19.3 Å². The van der Waals surface area contributed by atoms with E-state index in [1.54, 1.807) is 20.8 Å². The fourth-order valence-electron chi connectivity index (χ4n) is 2.78. The average molecular weight is 349 g/mol. The number of ether oxygens (including phenoxy) is 1. The minimum atomic E-state index is -4.48. The zero-order valence-electron chi connectivity index (χ0n) is 13.6. The number of amides is 1. The van der Waals surface area contributed by atoms with Crippen molar-refractivity contribution >= 4 is 23.1 Å². The van der Waals surface area contributed by atoms with Gasteiger partial charge in [-0.3, -0.25) is 4.90 Å². The second-order valence-corrected chi connectivity index (χ2v) is 7.55. The highest BCUT2D eigenvalue weighted by Crippen LogP contribution is 2.41. The molecule has 2 rings (SSSR count). The van der Waals surface area contributed by atoms with Crippen molar-refractivity contribution in [2.24, 2.45) is 0 Å². The molecule has 1 heterocycles. The Hall–Kier alpha value is -1.24. The minimum Gasteiger partial charge on any atom is -0.443 e. The SMILES string of the molecule is CC(C)(C)OC(=O)N(c1cscc1C(F)(F)F)C1CCCCC1. The smallest absolute Gasteiger partial charge is 0.419 e. The number of carbonyl (C=O) groups excluding carboxylic acids is 1. The van der Waals surface area contributed by atoms with Gasteiger partial charge in [-0.15, -0.1) is 11.3 Å². The molecule has 1 aromatic rings. The van der Waals surface area contributed by atoms with E-state index in [9.17, 15) is 18.0 Å². The number of halogens is 3. The molecule has 0 spiro atoms. The summed E-state index contributed by atoms with van der Waals surface area (Å²) in [5.74, 6) is 0. The van der Waals surface area contributed by atoms with E-state index in [0.29, 0.717) is 12.8 Å². The van der Waals surface area contributed by atoms with E-state index >= 15 is 0 Å². The zero-order chi connectivity index (χ0) is 17.3. The average Bonchev–Trinajstić information content (AvgIpc) is 2.87. The number of rotatable bonds is 2. The van der Waals surface area contributed by atoms with Crippen LogP contribution < -0.4 is 4.90 Å². The lowest BCUT2D eigenvalue weighted by atomic mass is 9.94. The van der Waals surface area contributed by atoms with E-state index in [1.807, 2.05) is 0 Å². The maximum absolute atomic E-state index is 13.2. The Balaban J connectivity index is 2.37. The number of hydrogen-bond acceptors (Lipinski definition) is 3. The molecule has 3 nitrogen and oxygen atoms in total. The lowest BCUT2D eigenvalue weighted by Crippen LogP contribution is -2.45. The molecule has 1 fully saturated rings. The van der Waals surface area contributed by atoms with Crippen molar-refractivity contribution in [3.63, 3.8) is 0 Å². The van der Waals surface area contributed by atoms with Crippen LogP contribution >= 0.6 is 11.3 Å². The van der Waals surface area contributed by atoms with Gasteiger partial charge >= 0.3 is 12.3 Å². The summed E-state index contributed by atoms with van der Waals surface area (Å²) < 4.78 is 45.1. The topological polar surface area (TPSA) is 29.5 Å². The van der Waals surface area contributed by atoms with Gasteiger partial charge < -0.3 is 4.74 Å². The summed E-state index contributed by atoms with van der Waals surface area (Å²) in [5, 5.41) is 2.44. The molecule has 1 amide bonds. The Kier molecular flexibility index (Phi) is 5.28. The number of alkyl halides is 3. The molecule has 0 N–H and O–H groups in total. The molecule has 0 saturated heterocycles. The standard InChI is InChI=1S/C16H22F3NO2S/c1-15(2,3)22-14(21)20(11-7-5-4-6-8-11)13-10-23-9-12(13)16(17,18)19/h9-11H,4-8H2,1-3H3. The zero-order valence-corrected chi connectivity index (χ0v) is 14.4. The molecular weight excluding hydrogens is 327 g/mol. The Morgan fingerprint density at radius 2 is 1.78 bits per heavy atom. The highest BCUT2D eigenvalue weighted by atomic mass is 32.1. The highest BCUT2D eigenvalue weighted by molar-refractivity contribution is 7.08. The van der Waals surface area contributed by atoms with Gasteiger partial charge in [-0.25, -0.2) is 4.79 Å². The van der Waals surface area contributed by atoms with Crippen LogP contribution in [0.2, 0.25) is 0 Å². The van der Waals surface area contributed by atoms with Crippen molar-refractivity contribution in [1.29, 1.82) is 0 Å². The Labute approximate surface area is 138 Å². The summed E-state index contributed by atoms with van der Waals surface area (Å²) >= 11 is 0.951. The maximum Gasteiger partial charge on any atom is 0.419 e. The van der Waals surface area contributed by atoms with E-state index in [4.69, 9.17) is 4.74 Å². The van der Waals surface area contributed by atoms with Gasteiger partial charge in [0.15, 0.2) is 0 Å². The number of nitrogens with zero attached hydrogens (tertiary/aromatic N) is 1. The summed E-state index contributed by atoms with van der Waals surface area (Å²) in [7, 11) is 0. The van der Waals surface area contributed by atoms with Gasteiger partial charge in [-0.2, -0.15) is 13.2 Å². The monoisotopic (exact) mass is 349 g/mol. The molecule has 0 bridgehead atoms. The normalized spacial score (nSPS) is 17.1. The second-order valence-electron chi connectivity index (χ2n) is 6.81. The fraction of sp³-hybridized carbons (Fsp3) is 0.688. The van der Waals surface area contributed by atoms with Crippen LogP contribution in [-0.2, 0) is 10.9 Å². The van der Waals surface area contributed by atoms with Crippen molar-refractivity contribution in [2.75, 3.05) is 4.90 Å². The lowest BCUT2D eigenvalue weighted by molar-refractivity contribution is -0.136. The summed E-state index contributed by atoms with van der Waals surface area (Å²) in [6.45, 7) is 5.13. The molecular formula is C16H22F3NO2S. The summed E-state index contributed by atoms with van der Waals surface area (Å²) in [4.78, 5) is 13.8. The van der Waals surface area contributed by atoms with E-state index in [-0.39, 0.29) is 11.7 Å². The Bertz CT molecular complexity index is 542. The molecule has 1 aliphatic rings. The first-order valence-electron chi connectivity index (χ1n) is 7.75.